The summed E-state index contributed by atoms with van der Waals surface area (Å²) in [6.07, 6.45) is 0.233. The molecule has 0 saturated heterocycles. The number of fused-ring (bicyclic) bond motifs is 1. The fourth-order valence-corrected chi connectivity index (χ4v) is 2.95. The first-order valence-corrected chi connectivity index (χ1v) is 8.47. The molecule has 1 amide bonds. The number of benzene rings is 2. The number of ether oxygens (including phenoxy) is 1. The van der Waals surface area contributed by atoms with Crippen LogP contribution in [0.4, 0.5) is 9.59 Å². The van der Waals surface area contributed by atoms with Crippen LogP contribution in [0, 0.1) is 0 Å². The Bertz CT molecular complexity index is 965. The Morgan fingerprint density at radius 2 is 1.93 bits per heavy atom. The molecule has 0 saturated carbocycles. The Kier molecular flexibility index (Phi) is 5.30. The molecule has 3 aromatic rings. The first-order valence-electron chi connectivity index (χ1n) is 8.47. The molecule has 1 atom stereocenters. The van der Waals surface area contributed by atoms with Crippen molar-refractivity contribution >= 4 is 23.1 Å². The third kappa shape index (κ3) is 4.38. The Labute approximate surface area is 155 Å². The second-order valence-electron chi connectivity index (χ2n) is 6.32. The van der Waals surface area contributed by atoms with Gasteiger partial charge >= 0.3 is 12.2 Å². The summed E-state index contributed by atoms with van der Waals surface area (Å²) in [5, 5.41) is 22.4. The number of phenolic OH excluding ortho intramolecular Hbond substituents is 1. The zero-order chi connectivity index (χ0) is 19.4. The second kappa shape index (κ2) is 7.82. The number of hydrogen-bond acceptors (Lipinski definition) is 4. The van der Waals surface area contributed by atoms with Crippen LogP contribution < -0.4 is 5.32 Å². The molecule has 1 aromatic heterocycles. The van der Waals surface area contributed by atoms with E-state index in [1.807, 2.05) is 30.3 Å². The van der Waals surface area contributed by atoms with Crippen LogP contribution in [-0.2, 0) is 17.8 Å². The molecule has 0 aliphatic carbocycles. The van der Waals surface area contributed by atoms with E-state index < -0.39 is 12.2 Å². The fourth-order valence-electron chi connectivity index (χ4n) is 2.95. The molecule has 0 aliphatic rings. The molecule has 0 fully saturated rings. The van der Waals surface area contributed by atoms with E-state index in [1.165, 1.54) is 18.3 Å². The summed E-state index contributed by atoms with van der Waals surface area (Å²) < 4.78 is 6.30. The van der Waals surface area contributed by atoms with E-state index in [0.29, 0.717) is 22.9 Å². The van der Waals surface area contributed by atoms with Crippen LogP contribution in [0.5, 0.6) is 5.75 Å². The molecule has 140 valence electrons. The van der Waals surface area contributed by atoms with Crippen molar-refractivity contribution in [2.45, 2.75) is 26.0 Å². The molecule has 1 heterocycles. The van der Waals surface area contributed by atoms with E-state index in [0.717, 1.165) is 10.1 Å². The van der Waals surface area contributed by atoms with Crippen molar-refractivity contribution in [2.75, 3.05) is 0 Å². The molecular formula is C20H20N2O5. The lowest BCUT2D eigenvalue weighted by molar-refractivity contribution is 0.136. The SMILES string of the molecule is C[C@H](Cc1cn(C(=O)O)c2ccc(O)cc12)NC(=O)OCc1ccccc1. The number of carboxylic acid groups (broad SMARTS) is 1. The third-order valence-corrected chi connectivity index (χ3v) is 4.18. The van der Waals surface area contributed by atoms with Gasteiger partial charge in [-0.05, 0) is 42.7 Å². The van der Waals surface area contributed by atoms with Gasteiger partial charge in [0.05, 0.1) is 5.52 Å². The van der Waals surface area contributed by atoms with Crippen molar-refractivity contribution in [3.63, 3.8) is 0 Å². The van der Waals surface area contributed by atoms with E-state index >= 15 is 0 Å². The van der Waals surface area contributed by atoms with Gasteiger partial charge in [-0.15, -0.1) is 0 Å². The molecule has 27 heavy (non-hydrogen) atoms. The van der Waals surface area contributed by atoms with Crippen molar-refractivity contribution in [3.8, 4) is 5.75 Å². The molecule has 2 aromatic carbocycles. The van der Waals surface area contributed by atoms with Crippen LogP contribution in [0.15, 0.2) is 54.7 Å². The number of hydrogen-bond donors (Lipinski definition) is 3. The molecule has 0 radical (unpaired) electrons. The number of aromatic hydroxyl groups is 1. The summed E-state index contributed by atoms with van der Waals surface area (Å²) in [5.74, 6) is 0.0507. The minimum Gasteiger partial charge on any atom is -0.508 e. The number of phenols is 1. The number of carbonyl (C=O) groups is 2. The highest BCUT2D eigenvalue weighted by atomic mass is 16.5. The van der Waals surface area contributed by atoms with Gasteiger partial charge < -0.3 is 20.3 Å². The normalized spacial score (nSPS) is 11.9. The predicted octanol–water partition coefficient (Wildman–Crippen LogP) is 3.73. The predicted molar refractivity (Wildman–Crippen MR) is 100.0 cm³/mol. The number of nitrogens with one attached hydrogen (secondary N) is 1. The van der Waals surface area contributed by atoms with Crippen LogP contribution in [0.1, 0.15) is 18.1 Å². The number of amides is 1. The van der Waals surface area contributed by atoms with Crippen LogP contribution in [0.25, 0.3) is 10.9 Å². The minimum absolute atomic E-state index is 0.0507. The van der Waals surface area contributed by atoms with Crippen LogP contribution in [0.2, 0.25) is 0 Å². The Morgan fingerprint density at radius 3 is 2.63 bits per heavy atom. The zero-order valence-electron chi connectivity index (χ0n) is 14.8. The van der Waals surface area contributed by atoms with Gasteiger partial charge in [-0.25, -0.2) is 9.59 Å². The van der Waals surface area contributed by atoms with E-state index in [9.17, 15) is 19.8 Å². The lowest BCUT2D eigenvalue weighted by Gasteiger charge is -2.13. The van der Waals surface area contributed by atoms with Gasteiger partial charge in [0.1, 0.15) is 12.4 Å². The molecule has 0 aliphatic heterocycles. The Morgan fingerprint density at radius 1 is 1.19 bits per heavy atom. The molecule has 7 heteroatoms. The molecule has 3 N–H and O–H groups in total. The van der Waals surface area contributed by atoms with Gasteiger partial charge in [-0.3, -0.25) is 4.57 Å². The Hall–Kier alpha value is -3.48. The average Bonchev–Trinajstić information content (AvgIpc) is 2.98. The minimum atomic E-state index is -1.11. The maximum Gasteiger partial charge on any atom is 0.416 e. The van der Waals surface area contributed by atoms with Crippen LogP contribution in [0.3, 0.4) is 0 Å². The van der Waals surface area contributed by atoms with Crippen molar-refractivity contribution in [1.82, 2.24) is 9.88 Å². The molecule has 0 spiro atoms. The summed E-state index contributed by atoms with van der Waals surface area (Å²) in [4.78, 5) is 23.4. The topological polar surface area (TPSA) is 101 Å². The lowest BCUT2D eigenvalue weighted by atomic mass is 10.1. The third-order valence-electron chi connectivity index (χ3n) is 4.18. The van der Waals surface area contributed by atoms with E-state index in [1.54, 1.807) is 13.0 Å². The average molecular weight is 368 g/mol. The van der Waals surface area contributed by atoms with Crippen molar-refractivity contribution in [1.29, 1.82) is 0 Å². The quantitative estimate of drug-likeness (QED) is 0.637. The fraction of sp³-hybridized carbons (Fsp3) is 0.200. The summed E-state index contributed by atoms with van der Waals surface area (Å²) in [6.45, 7) is 1.97. The van der Waals surface area contributed by atoms with E-state index in [2.05, 4.69) is 5.32 Å². The molecule has 0 unspecified atom stereocenters. The molecule has 3 rings (SSSR count). The first-order chi connectivity index (χ1) is 12.9. The first kappa shape index (κ1) is 18.3. The maximum atomic E-state index is 12.0. The largest absolute Gasteiger partial charge is 0.508 e. The second-order valence-corrected chi connectivity index (χ2v) is 6.32. The van der Waals surface area contributed by atoms with Gasteiger partial charge in [-0.1, -0.05) is 30.3 Å². The molecule has 7 nitrogen and oxygen atoms in total. The smallest absolute Gasteiger partial charge is 0.416 e. The van der Waals surface area contributed by atoms with Gasteiger partial charge in [0.15, 0.2) is 0 Å². The van der Waals surface area contributed by atoms with Crippen LogP contribution in [-0.4, -0.2) is 33.0 Å². The number of nitrogens with zero attached hydrogens (tertiary/aromatic N) is 1. The van der Waals surface area contributed by atoms with Crippen molar-refractivity contribution < 1.29 is 24.5 Å². The van der Waals surface area contributed by atoms with Gasteiger partial charge in [0.2, 0.25) is 0 Å². The number of alkyl carbamates (subject to hydrolysis) is 1. The monoisotopic (exact) mass is 368 g/mol. The summed E-state index contributed by atoms with van der Waals surface area (Å²) >= 11 is 0. The van der Waals surface area contributed by atoms with Gasteiger partial charge in [-0.2, -0.15) is 0 Å². The highest BCUT2D eigenvalue weighted by molar-refractivity contribution is 5.92. The summed E-state index contributed by atoms with van der Waals surface area (Å²) in [6, 6.07) is 13.6. The summed E-state index contributed by atoms with van der Waals surface area (Å²) in [5.41, 5.74) is 2.08. The highest BCUT2D eigenvalue weighted by Crippen LogP contribution is 2.26. The summed E-state index contributed by atoms with van der Waals surface area (Å²) in [7, 11) is 0. The molecule has 0 bridgehead atoms. The Balaban J connectivity index is 1.67. The maximum absolute atomic E-state index is 12.0. The number of carbonyl (C=O) groups excluding carboxylic acids is 1. The van der Waals surface area contributed by atoms with Crippen molar-refractivity contribution in [3.05, 3.63) is 65.9 Å². The highest BCUT2D eigenvalue weighted by Gasteiger charge is 2.17. The van der Waals surface area contributed by atoms with Crippen LogP contribution >= 0.6 is 0 Å². The standard InChI is InChI=1S/C20H20N2O5/c1-13(21-19(24)27-12-14-5-3-2-4-6-14)9-15-11-22(20(25)26)18-8-7-16(23)10-17(15)18/h2-8,10-11,13,23H,9,12H2,1H3,(H,21,24)(H,25,26)/t13-/m1/s1. The number of aromatic nitrogens is 1. The lowest BCUT2D eigenvalue weighted by Crippen LogP contribution is -2.34. The molecular weight excluding hydrogens is 348 g/mol. The van der Waals surface area contributed by atoms with E-state index in [-0.39, 0.29) is 18.4 Å². The van der Waals surface area contributed by atoms with E-state index in [4.69, 9.17) is 4.74 Å². The van der Waals surface area contributed by atoms with Crippen molar-refractivity contribution in [2.24, 2.45) is 0 Å². The van der Waals surface area contributed by atoms with Gasteiger partial charge in [0, 0.05) is 17.6 Å². The van der Waals surface area contributed by atoms with Gasteiger partial charge in [0.25, 0.3) is 0 Å². The zero-order valence-corrected chi connectivity index (χ0v) is 14.8. The number of rotatable bonds is 5.